The van der Waals surface area contributed by atoms with Crippen molar-refractivity contribution in [3.63, 3.8) is 0 Å². The molecule has 0 spiro atoms. The zero-order valence-electron chi connectivity index (χ0n) is 43.3. The van der Waals surface area contributed by atoms with Crippen molar-refractivity contribution in [3.05, 3.63) is 94.8 Å². The summed E-state index contributed by atoms with van der Waals surface area (Å²) < 4.78 is 12.9. The Kier molecular flexibility index (Phi) is 12.9. The highest BCUT2D eigenvalue weighted by molar-refractivity contribution is 5.92. The van der Waals surface area contributed by atoms with Gasteiger partial charge in [-0.3, -0.25) is 0 Å². The predicted octanol–water partition coefficient (Wildman–Crippen LogP) is 13.4. The van der Waals surface area contributed by atoms with Crippen molar-refractivity contribution in [2.24, 2.45) is 0 Å². The van der Waals surface area contributed by atoms with E-state index in [1.807, 2.05) is 95.2 Å². The molecule has 0 unspecified atom stereocenters. The van der Waals surface area contributed by atoms with E-state index in [1.165, 1.54) is 0 Å². The molecule has 3 aromatic rings. The fourth-order valence-corrected chi connectivity index (χ4v) is 11.1. The predicted molar refractivity (Wildman–Crippen MR) is 265 cm³/mol. The number of ether oxygens (including phenoxy) is 2. The fraction of sp³-hybridized carbons (Fsp3) is 0.607. The van der Waals surface area contributed by atoms with Crippen molar-refractivity contribution >= 4 is 23.3 Å². The summed E-state index contributed by atoms with van der Waals surface area (Å²) in [6.07, 6.45) is 1.57. The highest BCUT2D eigenvalue weighted by atomic mass is 16.5. The maximum Gasteiger partial charge on any atom is 0.338 e. The summed E-state index contributed by atoms with van der Waals surface area (Å²) in [5.41, 5.74) is 4.04. The van der Waals surface area contributed by atoms with Gasteiger partial charge >= 0.3 is 11.9 Å². The molecule has 0 bridgehead atoms. The van der Waals surface area contributed by atoms with Crippen molar-refractivity contribution in [1.29, 1.82) is 0 Å². The Hall–Kier alpha value is -4.20. The number of carbonyl (C=O) groups is 2. The van der Waals surface area contributed by atoms with Crippen molar-refractivity contribution < 1.29 is 29.3 Å². The molecule has 8 heteroatoms. The fourth-order valence-electron chi connectivity index (χ4n) is 11.1. The first-order valence-corrected chi connectivity index (χ1v) is 23.3. The molecule has 3 aromatic carbocycles. The number of esters is 2. The van der Waals surface area contributed by atoms with E-state index in [9.17, 15) is 19.8 Å². The summed E-state index contributed by atoms with van der Waals surface area (Å²) in [7, 11) is 0. The van der Waals surface area contributed by atoms with E-state index in [4.69, 9.17) is 9.47 Å². The van der Waals surface area contributed by atoms with E-state index in [0.717, 1.165) is 44.8 Å². The molecule has 0 saturated carbocycles. The smallest absolute Gasteiger partial charge is 0.338 e. The van der Waals surface area contributed by atoms with Gasteiger partial charge in [0, 0.05) is 70.1 Å². The van der Waals surface area contributed by atoms with Gasteiger partial charge in [0.25, 0.3) is 0 Å². The Morgan fingerprint density at radius 1 is 0.500 bits per heavy atom. The number of nitrogens with zero attached hydrogens (tertiary/aromatic N) is 2. The van der Waals surface area contributed by atoms with Gasteiger partial charge < -0.3 is 29.5 Å². The summed E-state index contributed by atoms with van der Waals surface area (Å²) >= 11 is 0. The second-order valence-corrected chi connectivity index (χ2v) is 25.7. The van der Waals surface area contributed by atoms with Gasteiger partial charge in [-0.25, -0.2) is 9.59 Å². The lowest BCUT2D eigenvalue weighted by Gasteiger charge is -2.61. The summed E-state index contributed by atoms with van der Waals surface area (Å²) in [5.74, 6) is -0.313. The van der Waals surface area contributed by atoms with Crippen LogP contribution in [-0.4, -0.2) is 56.5 Å². The number of piperidine rings is 2. The van der Waals surface area contributed by atoms with Crippen molar-refractivity contribution in [2.45, 2.75) is 220 Å². The molecule has 5 rings (SSSR count). The number of hydrogen-bond acceptors (Lipinski definition) is 8. The first-order chi connectivity index (χ1) is 28.7. The molecular formula is C56H82N2O6. The number of rotatable bonds is 6. The van der Waals surface area contributed by atoms with Gasteiger partial charge in [-0.1, -0.05) is 95.2 Å². The highest BCUT2D eigenvalue weighted by Crippen LogP contribution is 2.54. The van der Waals surface area contributed by atoms with Gasteiger partial charge in [-0.15, -0.1) is 0 Å². The SMILES string of the molecule is [CH2]c1ccc([CH2])c(N2C(C)(C)CC(OC(=O)c3cc(C(C)(C)C)c(O)c(C(C)(C)C)c3)CC2(C)C)c1N1C(C)(C)CC(OC(=O)c2cc(C(C)(C)C)c(O)c(C(C)(C)C)c2)CC1(C)C. The maximum atomic E-state index is 14.2. The van der Waals surface area contributed by atoms with E-state index in [1.54, 1.807) is 24.3 Å². The van der Waals surface area contributed by atoms with Crippen LogP contribution in [0.4, 0.5) is 11.4 Å². The summed E-state index contributed by atoms with van der Waals surface area (Å²) in [5, 5.41) is 22.7. The van der Waals surface area contributed by atoms with Gasteiger partial charge in [0.1, 0.15) is 23.7 Å². The van der Waals surface area contributed by atoms with Crippen LogP contribution in [0.1, 0.15) is 218 Å². The molecule has 352 valence electrons. The quantitative estimate of drug-likeness (QED) is 0.236. The third kappa shape index (κ3) is 9.96. The maximum absolute atomic E-state index is 14.2. The normalized spacial score (nSPS) is 19.4. The van der Waals surface area contributed by atoms with Gasteiger partial charge in [0.05, 0.1) is 22.5 Å². The molecule has 0 atom stereocenters. The number of phenols is 2. The van der Waals surface area contributed by atoms with Gasteiger partial charge in [0.15, 0.2) is 0 Å². The Labute approximate surface area is 387 Å². The molecule has 2 N–H and O–H groups in total. The van der Waals surface area contributed by atoms with Crippen molar-refractivity contribution in [1.82, 2.24) is 0 Å². The number of hydrogen-bond donors (Lipinski definition) is 2. The Balaban J connectivity index is 1.48. The zero-order valence-corrected chi connectivity index (χ0v) is 43.3. The molecule has 0 aliphatic carbocycles. The second-order valence-electron chi connectivity index (χ2n) is 25.7. The van der Waals surface area contributed by atoms with Crippen LogP contribution in [-0.2, 0) is 31.1 Å². The third-order valence-corrected chi connectivity index (χ3v) is 13.6. The Morgan fingerprint density at radius 2 is 0.719 bits per heavy atom. The summed E-state index contributed by atoms with van der Waals surface area (Å²) in [6.45, 7) is 51.5. The van der Waals surface area contributed by atoms with Gasteiger partial charge in [-0.05, 0) is 126 Å². The topological polar surface area (TPSA) is 99.5 Å². The van der Waals surface area contributed by atoms with Gasteiger partial charge in [-0.2, -0.15) is 0 Å². The summed E-state index contributed by atoms with van der Waals surface area (Å²) in [4.78, 5) is 33.3. The van der Waals surface area contributed by atoms with E-state index in [0.29, 0.717) is 36.8 Å². The number of anilines is 2. The van der Waals surface area contributed by atoms with Crippen LogP contribution in [0.3, 0.4) is 0 Å². The minimum Gasteiger partial charge on any atom is -0.507 e. The molecule has 0 aromatic heterocycles. The van der Waals surface area contributed by atoms with Crippen molar-refractivity contribution in [3.8, 4) is 11.5 Å². The van der Waals surface area contributed by atoms with Crippen LogP contribution in [0.2, 0.25) is 0 Å². The largest absolute Gasteiger partial charge is 0.507 e. The number of benzene rings is 3. The molecule has 2 heterocycles. The van der Waals surface area contributed by atoms with Crippen LogP contribution in [0.25, 0.3) is 0 Å². The lowest BCUT2D eigenvalue weighted by molar-refractivity contribution is 0.00118. The Bertz CT molecular complexity index is 2020. The van der Waals surface area contributed by atoms with Crippen LogP contribution in [0, 0.1) is 13.8 Å². The number of phenolic OH excluding ortho intramolecular Hbond substituents is 2. The molecule has 2 saturated heterocycles. The molecular weight excluding hydrogens is 797 g/mol. The molecule has 8 nitrogen and oxygen atoms in total. The molecule has 0 amide bonds. The van der Waals surface area contributed by atoms with E-state index in [2.05, 4.69) is 79.0 Å². The average Bonchev–Trinajstić information content (AvgIpc) is 3.07. The van der Waals surface area contributed by atoms with Crippen LogP contribution < -0.4 is 9.80 Å². The third-order valence-electron chi connectivity index (χ3n) is 13.6. The lowest BCUT2D eigenvalue weighted by Crippen LogP contribution is -2.65. The first-order valence-electron chi connectivity index (χ1n) is 23.3. The molecule has 2 aliphatic heterocycles. The van der Waals surface area contributed by atoms with Crippen molar-refractivity contribution in [2.75, 3.05) is 9.80 Å². The van der Waals surface area contributed by atoms with Gasteiger partial charge in [0.2, 0.25) is 0 Å². The Morgan fingerprint density at radius 3 is 0.922 bits per heavy atom. The van der Waals surface area contributed by atoms with Crippen LogP contribution in [0.5, 0.6) is 11.5 Å². The molecule has 64 heavy (non-hydrogen) atoms. The van der Waals surface area contributed by atoms with E-state index in [-0.39, 0.29) is 57.3 Å². The van der Waals surface area contributed by atoms with E-state index >= 15 is 0 Å². The zero-order chi connectivity index (χ0) is 48.9. The van der Waals surface area contributed by atoms with E-state index < -0.39 is 22.2 Å². The van der Waals surface area contributed by atoms with Crippen LogP contribution in [0.15, 0.2) is 36.4 Å². The average molecular weight is 879 g/mol. The minimum absolute atomic E-state index is 0.231. The molecule has 2 radical (unpaired) electrons. The standard InChI is InChI=1S/C56H82N2O6/c1-33-23-24-34(2)44(58-55(19,20)31-38(32-56(58,21)22)64-48(62)36-27-41(51(9,10)11)46(60)42(28-36)52(12,13)14)43(33)57-53(15,16)29-37(30-54(57,17)18)63-47(61)35-25-39(49(3,4)5)45(59)40(26-35)50(6,7)8/h23-28,37-38,59-60H,1-2,29-32H2,3-22H3. The highest BCUT2D eigenvalue weighted by Gasteiger charge is 2.52. The second kappa shape index (κ2) is 16.3. The number of aromatic hydroxyl groups is 2. The number of carbonyl (C=O) groups excluding carboxylic acids is 2. The van der Waals surface area contributed by atoms with Crippen LogP contribution >= 0.6 is 0 Å². The lowest BCUT2D eigenvalue weighted by atomic mass is 9.75. The monoisotopic (exact) mass is 879 g/mol. The summed E-state index contributed by atoms with van der Waals surface area (Å²) in [6, 6.07) is 11.3. The minimum atomic E-state index is -0.492. The molecule has 2 aliphatic rings. The first kappa shape index (κ1) is 50.8. The molecule has 2 fully saturated rings.